The molecule has 0 heterocycles. The molecule has 100 valence electrons. The topological polar surface area (TPSA) is 32.3 Å². The van der Waals surface area contributed by atoms with Gasteiger partial charge in [0.1, 0.15) is 5.82 Å². The lowest BCUT2D eigenvalue weighted by Crippen LogP contribution is -2.13. The van der Waals surface area contributed by atoms with Gasteiger partial charge in [-0.15, -0.1) is 0 Å². The summed E-state index contributed by atoms with van der Waals surface area (Å²) in [5.41, 5.74) is 3.97. The third-order valence-corrected chi connectivity index (χ3v) is 3.13. The minimum atomic E-state index is -0.578. The summed E-state index contributed by atoms with van der Waals surface area (Å²) < 4.78 is 12.8. The van der Waals surface area contributed by atoms with Crippen LogP contribution < -0.4 is 5.32 Å². The maximum atomic E-state index is 12.8. The number of hydrogen-bond acceptors (Lipinski definition) is 2. The van der Waals surface area contributed by atoms with Gasteiger partial charge in [0.2, 0.25) is 0 Å². The molecule has 19 heavy (non-hydrogen) atoms. The number of aliphatic hydroxyl groups excluding tert-OH is 1. The Morgan fingerprint density at radius 3 is 2.42 bits per heavy atom. The van der Waals surface area contributed by atoms with Gasteiger partial charge < -0.3 is 10.4 Å². The minimum Gasteiger partial charge on any atom is -0.387 e. The third-order valence-electron chi connectivity index (χ3n) is 3.13. The monoisotopic (exact) mass is 259 g/mol. The summed E-state index contributed by atoms with van der Waals surface area (Å²) in [6, 6.07) is 12.1. The molecule has 0 fully saturated rings. The van der Waals surface area contributed by atoms with Gasteiger partial charge in [-0.25, -0.2) is 4.39 Å². The number of benzene rings is 2. The number of anilines is 1. The highest BCUT2D eigenvalue weighted by molar-refractivity contribution is 5.43. The zero-order valence-corrected chi connectivity index (χ0v) is 11.2. The Morgan fingerprint density at radius 2 is 1.79 bits per heavy atom. The van der Waals surface area contributed by atoms with Crippen LogP contribution in [0.15, 0.2) is 42.5 Å². The van der Waals surface area contributed by atoms with Gasteiger partial charge in [0, 0.05) is 12.2 Å². The number of rotatable bonds is 4. The summed E-state index contributed by atoms with van der Waals surface area (Å²) in [5.74, 6) is -0.263. The zero-order chi connectivity index (χ0) is 13.8. The van der Waals surface area contributed by atoms with E-state index in [1.54, 1.807) is 12.1 Å². The Labute approximate surface area is 112 Å². The molecule has 0 saturated heterocycles. The largest absolute Gasteiger partial charge is 0.387 e. The molecule has 0 aliphatic carbocycles. The molecule has 0 aliphatic heterocycles. The van der Waals surface area contributed by atoms with E-state index in [9.17, 15) is 9.50 Å². The first-order valence-corrected chi connectivity index (χ1v) is 6.31. The van der Waals surface area contributed by atoms with Gasteiger partial charge in [-0.3, -0.25) is 0 Å². The Balaban J connectivity index is 2.01. The number of aryl methyl sites for hydroxylation is 2. The van der Waals surface area contributed by atoms with E-state index in [2.05, 4.69) is 11.4 Å². The third kappa shape index (κ3) is 3.55. The van der Waals surface area contributed by atoms with Gasteiger partial charge in [0.25, 0.3) is 0 Å². The number of hydrogen-bond donors (Lipinski definition) is 2. The van der Waals surface area contributed by atoms with Gasteiger partial charge in [-0.05, 0) is 49.2 Å². The molecule has 2 aromatic carbocycles. The van der Waals surface area contributed by atoms with Crippen LogP contribution in [0.5, 0.6) is 0 Å². The first kappa shape index (κ1) is 13.6. The molecule has 0 radical (unpaired) electrons. The van der Waals surface area contributed by atoms with Gasteiger partial charge in [-0.2, -0.15) is 0 Å². The van der Waals surface area contributed by atoms with E-state index in [1.165, 1.54) is 17.7 Å². The summed E-state index contributed by atoms with van der Waals surface area (Å²) in [5, 5.41) is 13.3. The molecular weight excluding hydrogens is 241 g/mol. The van der Waals surface area contributed by atoms with E-state index >= 15 is 0 Å². The quantitative estimate of drug-likeness (QED) is 0.879. The molecule has 0 saturated carbocycles. The maximum Gasteiger partial charge on any atom is 0.123 e. The van der Waals surface area contributed by atoms with Crippen molar-refractivity contribution >= 4 is 5.69 Å². The Morgan fingerprint density at radius 1 is 1.11 bits per heavy atom. The van der Waals surface area contributed by atoms with Gasteiger partial charge in [-0.1, -0.05) is 23.8 Å². The molecule has 2 aromatic rings. The molecule has 0 aliphatic rings. The fraction of sp³-hybridized carbons (Fsp3) is 0.250. The van der Waals surface area contributed by atoms with Crippen molar-refractivity contribution in [3.63, 3.8) is 0 Å². The first-order chi connectivity index (χ1) is 9.06. The molecule has 1 atom stereocenters. The fourth-order valence-corrected chi connectivity index (χ4v) is 2.09. The number of aliphatic hydroxyl groups is 1. The number of nitrogens with one attached hydrogen (secondary N) is 1. The lowest BCUT2D eigenvalue weighted by atomic mass is 10.0. The van der Waals surface area contributed by atoms with Crippen LogP contribution in [0.1, 0.15) is 22.8 Å². The van der Waals surface area contributed by atoms with Crippen LogP contribution in [0.4, 0.5) is 10.1 Å². The van der Waals surface area contributed by atoms with Crippen LogP contribution in [-0.4, -0.2) is 11.7 Å². The second-order valence-electron chi connectivity index (χ2n) is 4.76. The Bertz CT molecular complexity index is 551. The molecule has 0 aromatic heterocycles. The van der Waals surface area contributed by atoms with E-state index in [4.69, 9.17) is 0 Å². The normalized spacial score (nSPS) is 12.2. The van der Waals surface area contributed by atoms with E-state index in [0.717, 1.165) is 16.8 Å². The van der Waals surface area contributed by atoms with Crippen molar-refractivity contribution in [1.82, 2.24) is 0 Å². The average Bonchev–Trinajstić information content (AvgIpc) is 2.37. The summed E-state index contributed by atoms with van der Waals surface area (Å²) >= 11 is 0. The van der Waals surface area contributed by atoms with Gasteiger partial charge in [0.05, 0.1) is 6.10 Å². The standard InChI is InChI=1S/C16H18FNO/c1-11-3-8-15(12(2)9-11)16(19)10-18-14-6-4-13(17)5-7-14/h3-9,16,18-19H,10H2,1-2H3. The van der Waals surface area contributed by atoms with Gasteiger partial charge >= 0.3 is 0 Å². The predicted molar refractivity (Wildman–Crippen MR) is 75.8 cm³/mol. The van der Waals surface area contributed by atoms with Crippen LogP contribution in [0, 0.1) is 19.7 Å². The van der Waals surface area contributed by atoms with Crippen LogP contribution in [0.25, 0.3) is 0 Å². The summed E-state index contributed by atoms with van der Waals surface area (Å²) in [6.45, 7) is 4.42. The summed E-state index contributed by atoms with van der Waals surface area (Å²) in [4.78, 5) is 0. The van der Waals surface area contributed by atoms with Gasteiger partial charge in [0.15, 0.2) is 0 Å². The van der Waals surface area contributed by atoms with Crippen LogP contribution in [0.2, 0.25) is 0 Å². The average molecular weight is 259 g/mol. The van der Waals surface area contributed by atoms with Crippen molar-refractivity contribution in [2.75, 3.05) is 11.9 Å². The second kappa shape index (κ2) is 5.85. The minimum absolute atomic E-state index is 0.263. The molecule has 0 amide bonds. The van der Waals surface area contributed by atoms with Crippen molar-refractivity contribution < 1.29 is 9.50 Å². The van der Waals surface area contributed by atoms with Crippen LogP contribution >= 0.6 is 0 Å². The highest BCUT2D eigenvalue weighted by Gasteiger charge is 2.10. The predicted octanol–water partition coefficient (Wildman–Crippen LogP) is 3.59. The molecule has 0 bridgehead atoms. The smallest absolute Gasteiger partial charge is 0.123 e. The SMILES string of the molecule is Cc1ccc(C(O)CNc2ccc(F)cc2)c(C)c1. The molecule has 1 unspecified atom stereocenters. The molecule has 0 spiro atoms. The lowest BCUT2D eigenvalue weighted by Gasteiger charge is -2.16. The van der Waals surface area contributed by atoms with Crippen molar-refractivity contribution in [3.8, 4) is 0 Å². The molecular formula is C16H18FNO. The van der Waals surface area contributed by atoms with Crippen molar-refractivity contribution in [1.29, 1.82) is 0 Å². The molecule has 3 heteroatoms. The van der Waals surface area contributed by atoms with Crippen LogP contribution in [0.3, 0.4) is 0 Å². The lowest BCUT2D eigenvalue weighted by molar-refractivity contribution is 0.191. The second-order valence-corrected chi connectivity index (χ2v) is 4.76. The Kier molecular flexibility index (Phi) is 4.17. The van der Waals surface area contributed by atoms with E-state index in [-0.39, 0.29) is 5.82 Å². The maximum absolute atomic E-state index is 12.8. The zero-order valence-electron chi connectivity index (χ0n) is 11.2. The van der Waals surface area contributed by atoms with Crippen molar-refractivity contribution in [3.05, 3.63) is 65.0 Å². The van der Waals surface area contributed by atoms with E-state index in [1.807, 2.05) is 26.0 Å². The van der Waals surface area contributed by atoms with Crippen molar-refractivity contribution in [2.45, 2.75) is 20.0 Å². The highest BCUT2D eigenvalue weighted by atomic mass is 19.1. The first-order valence-electron chi connectivity index (χ1n) is 6.31. The van der Waals surface area contributed by atoms with Crippen LogP contribution in [-0.2, 0) is 0 Å². The molecule has 2 nitrogen and oxygen atoms in total. The highest BCUT2D eigenvalue weighted by Crippen LogP contribution is 2.19. The molecule has 2 N–H and O–H groups in total. The fourth-order valence-electron chi connectivity index (χ4n) is 2.09. The molecule has 2 rings (SSSR count). The van der Waals surface area contributed by atoms with Crippen molar-refractivity contribution in [2.24, 2.45) is 0 Å². The Hall–Kier alpha value is -1.87. The summed E-state index contributed by atoms with van der Waals surface area (Å²) in [6.07, 6.45) is -0.578. The number of halogens is 1. The summed E-state index contributed by atoms with van der Waals surface area (Å²) in [7, 11) is 0. The van der Waals surface area contributed by atoms with E-state index in [0.29, 0.717) is 6.54 Å². The van der Waals surface area contributed by atoms with E-state index < -0.39 is 6.10 Å².